The minimum absolute atomic E-state index is 0.0629. The van der Waals surface area contributed by atoms with Gasteiger partial charge in [0.25, 0.3) is 0 Å². The Morgan fingerprint density at radius 3 is 2.95 bits per heavy atom. The lowest BCUT2D eigenvalue weighted by Crippen LogP contribution is -2.35. The fourth-order valence-electron chi connectivity index (χ4n) is 2.29. The molecule has 1 aliphatic rings. The second-order valence-electron chi connectivity index (χ2n) is 6.08. The molecule has 1 saturated heterocycles. The molecule has 0 aromatic carbocycles. The van der Waals surface area contributed by atoms with Gasteiger partial charge in [-0.25, -0.2) is 0 Å². The van der Waals surface area contributed by atoms with Crippen LogP contribution >= 0.6 is 0 Å². The maximum absolute atomic E-state index is 10.8. The van der Waals surface area contributed by atoms with Gasteiger partial charge in [-0.05, 0) is 12.5 Å². The van der Waals surface area contributed by atoms with Crippen LogP contribution in [0.5, 0.6) is 0 Å². The molecule has 2 rings (SSSR count). The number of aliphatic carboxylic acids is 1. The lowest BCUT2D eigenvalue weighted by atomic mass is 9.86. The number of nitrogens with zero attached hydrogens (tertiary/aromatic N) is 3. The van der Waals surface area contributed by atoms with E-state index in [1.807, 2.05) is 20.9 Å². The molecule has 0 aliphatic carbocycles. The molecule has 0 radical (unpaired) electrons. The van der Waals surface area contributed by atoms with Gasteiger partial charge in [0.05, 0.1) is 13.0 Å². The molecule has 20 heavy (non-hydrogen) atoms. The molecule has 2 heterocycles. The quantitative estimate of drug-likeness (QED) is 0.866. The van der Waals surface area contributed by atoms with Gasteiger partial charge in [0.2, 0.25) is 11.7 Å². The zero-order valence-electron chi connectivity index (χ0n) is 12.1. The molecule has 1 aromatic rings. The van der Waals surface area contributed by atoms with Crippen molar-refractivity contribution in [1.29, 1.82) is 0 Å². The third-order valence-corrected chi connectivity index (χ3v) is 3.30. The van der Waals surface area contributed by atoms with Gasteiger partial charge in [0.15, 0.2) is 0 Å². The van der Waals surface area contributed by atoms with E-state index in [0.29, 0.717) is 24.7 Å². The normalized spacial score (nSPS) is 21.1. The van der Waals surface area contributed by atoms with Crippen LogP contribution in [-0.2, 0) is 16.0 Å². The molecule has 1 aromatic heterocycles. The summed E-state index contributed by atoms with van der Waals surface area (Å²) >= 11 is 0. The van der Waals surface area contributed by atoms with E-state index in [1.165, 1.54) is 0 Å². The van der Waals surface area contributed by atoms with Crippen LogP contribution in [0.3, 0.4) is 0 Å². The Labute approximate surface area is 117 Å². The SMILES string of the molecule is CN1CCOC(c2noc(CC(C)(C)CC(=O)O)n2)C1. The number of carboxylic acids is 1. The summed E-state index contributed by atoms with van der Waals surface area (Å²) in [5.41, 5.74) is -0.417. The van der Waals surface area contributed by atoms with Crippen molar-refractivity contribution >= 4 is 5.97 Å². The maximum atomic E-state index is 10.8. The molecule has 0 bridgehead atoms. The molecule has 0 amide bonds. The Bertz CT molecular complexity index is 472. The molecule has 112 valence electrons. The predicted molar refractivity (Wildman–Crippen MR) is 70.2 cm³/mol. The Morgan fingerprint density at radius 1 is 1.55 bits per heavy atom. The van der Waals surface area contributed by atoms with Crippen molar-refractivity contribution in [1.82, 2.24) is 15.0 Å². The number of morpholine rings is 1. The summed E-state index contributed by atoms with van der Waals surface area (Å²) in [6.07, 6.45) is 0.330. The fourth-order valence-corrected chi connectivity index (χ4v) is 2.29. The summed E-state index contributed by atoms with van der Waals surface area (Å²) in [5, 5.41) is 12.8. The van der Waals surface area contributed by atoms with Crippen LogP contribution in [0.4, 0.5) is 0 Å². The Balaban J connectivity index is 2.00. The topological polar surface area (TPSA) is 88.7 Å². The van der Waals surface area contributed by atoms with Crippen LogP contribution < -0.4 is 0 Å². The first-order chi connectivity index (χ1) is 9.35. The third-order valence-electron chi connectivity index (χ3n) is 3.30. The minimum Gasteiger partial charge on any atom is -0.481 e. The van der Waals surface area contributed by atoms with E-state index in [4.69, 9.17) is 14.4 Å². The van der Waals surface area contributed by atoms with Gasteiger partial charge in [-0.15, -0.1) is 0 Å². The average Bonchev–Trinajstić information content (AvgIpc) is 2.74. The van der Waals surface area contributed by atoms with Crippen LogP contribution in [-0.4, -0.2) is 52.9 Å². The van der Waals surface area contributed by atoms with Crippen LogP contribution in [0.1, 0.15) is 38.1 Å². The lowest BCUT2D eigenvalue weighted by molar-refractivity contribution is -0.139. The van der Waals surface area contributed by atoms with Gasteiger partial charge in [-0.3, -0.25) is 4.79 Å². The molecule has 1 N–H and O–H groups in total. The van der Waals surface area contributed by atoms with Crippen molar-refractivity contribution in [3.05, 3.63) is 11.7 Å². The van der Waals surface area contributed by atoms with Gasteiger partial charge in [0.1, 0.15) is 6.10 Å². The van der Waals surface area contributed by atoms with Crippen molar-refractivity contribution in [3.8, 4) is 0 Å². The van der Waals surface area contributed by atoms with Gasteiger partial charge in [-0.1, -0.05) is 19.0 Å². The molecule has 1 fully saturated rings. The van der Waals surface area contributed by atoms with E-state index in [9.17, 15) is 4.79 Å². The first-order valence-corrected chi connectivity index (χ1v) is 6.70. The molecule has 1 atom stereocenters. The Hall–Kier alpha value is -1.47. The van der Waals surface area contributed by atoms with Crippen molar-refractivity contribution in [2.45, 2.75) is 32.8 Å². The van der Waals surface area contributed by atoms with Crippen LogP contribution in [0.15, 0.2) is 4.52 Å². The fraction of sp³-hybridized carbons (Fsp3) is 0.769. The number of likely N-dealkylation sites (N-methyl/N-ethyl adjacent to an activating group) is 1. The molecule has 1 unspecified atom stereocenters. The number of aromatic nitrogens is 2. The Morgan fingerprint density at radius 2 is 2.30 bits per heavy atom. The summed E-state index contributed by atoms with van der Waals surface area (Å²) in [4.78, 5) is 17.3. The van der Waals surface area contributed by atoms with Gasteiger partial charge in [0, 0.05) is 19.5 Å². The molecule has 7 nitrogen and oxygen atoms in total. The zero-order valence-corrected chi connectivity index (χ0v) is 12.1. The molecule has 0 spiro atoms. The summed E-state index contributed by atoms with van der Waals surface area (Å²) in [6.45, 7) is 6.02. The first-order valence-electron chi connectivity index (χ1n) is 6.70. The van der Waals surface area contributed by atoms with Crippen molar-refractivity contribution in [2.75, 3.05) is 26.7 Å². The minimum atomic E-state index is -0.827. The average molecular weight is 283 g/mol. The highest BCUT2D eigenvalue weighted by molar-refractivity contribution is 5.67. The summed E-state index contributed by atoms with van der Waals surface area (Å²) < 4.78 is 10.8. The lowest BCUT2D eigenvalue weighted by Gasteiger charge is -2.27. The number of ether oxygens (including phenoxy) is 1. The van der Waals surface area contributed by atoms with Gasteiger partial charge < -0.3 is 19.3 Å². The largest absolute Gasteiger partial charge is 0.481 e. The number of carboxylic acid groups (broad SMARTS) is 1. The molecular weight excluding hydrogens is 262 g/mol. The molecule has 7 heteroatoms. The number of hydrogen-bond acceptors (Lipinski definition) is 6. The predicted octanol–water partition coefficient (Wildman–Crippen LogP) is 1.12. The number of hydrogen-bond donors (Lipinski definition) is 1. The third kappa shape index (κ3) is 4.01. The van der Waals surface area contributed by atoms with Crippen molar-refractivity contribution < 1.29 is 19.2 Å². The summed E-state index contributed by atoms with van der Waals surface area (Å²) in [6, 6.07) is 0. The van der Waals surface area contributed by atoms with E-state index < -0.39 is 11.4 Å². The second-order valence-corrected chi connectivity index (χ2v) is 6.08. The zero-order chi connectivity index (χ0) is 14.8. The number of carbonyl (C=O) groups is 1. The second kappa shape index (κ2) is 5.88. The summed E-state index contributed by atoms with van der Waals surface area (Å²) in [7, 11) is 2.02. The van der Waals surface area contributed by atoms with E-state index in [-0.39, 0.29) is 12.5 Å². The van der Waals surface area contributed by atoms with Gasteiger partial charge >= 0.3 is 5.97 Å². The number of rotatable bonds is 5. The van der Waals surface area contributed by atoms with E-state index in [1.54, 1.807) is 0 Å². The smallest absolute Gasteiger partial charge is 0.303 e. The highest BCUT2D eigenvalue weighted by Crippen LogP contribution is 2.26. The molecular formula is C13H21N3O4. The van der Waals surface area contributed by atoms with Crippen molar-refractivity contribution in [3.63, 3.8) is 0 Å². The highest BCUT2D eigenvalue weighted by Gasteiger charge is 2.28. The molecule has 0 saturated carbocycles. The van der Waals surface area contributed by atoms with Gasteiger partial charge in [-0.2, -0.15) is 4.98 Å². The van der Waals surface area contributed by atoms with Crippen LogP contribution in [0.25, 0.3) is 0 Å². The highest BCUT2D eigenvalue weighted by atomic mass is 16.5. The van der Waals surface area contributed by atoms with Crippen molar-refractivity contribution in [2.24, 2.45) is 5.41 Å². The first kappa shape index (κ1) is 14.9. The summed E-state index contributed by atoms with van der Waals surface area (Å²) in [5.74, 6) is 0.174. The monoisotopic (exact) mass is 283 g/mol. The van der Waals surface area contributed by atoms with E-state index in [2.05, 4.69) is 15.0 Å². The maximum Gasteiger partial charge on any atom is 0.303 e. The Kier molecular flexibility index (Phi) is 4.39. The standard InChI is InChI=1S/C13H21N3O4/c1-13(2,7-11(17)18)6-10-14-12(15-20-10)9-8-16(3)4-5-19-9/h9H,4-8H2,1-3H3,(H,17,18). The van der Waals surface area contributed by atoms with Crippen LogP contribution in [0.2, 0.25) is 0 Å². The van der Waals surface area contributed by atoms with E-state index >= 15 is 0 Å². The van der Waals surface area contributed by atoms with E-state index in [0.717, 1.165) is 13.1 Å². The van der Waals surface area contributed by atoms with Crippen LogP contribution in [0, 0.1) is 5.41 Å². The molecule has 1 aliphatic heterocycles.